The quantitative estimate of drug-likeness (QED) is 0.809. The van der Waals surface area contributed by atoms with Crippen LogP contribution in [0.4, 0.5) is 4.79 Å². The number of hydrogen-bond donors (Lipinski definition) is 1. The normalized spacial score (nSPS) is 22.5. The molecule has 0 spiro atoms. The minimum atomic E-state index is -0.490. The van der Waals surface area contributed by atoms with Crippen molar-refractivity contribution >= 4 is 22.0 Å². The Kier molecular flexibility index (Phi) is 5.17. The summed E-state index contributed by atoms with van der Waals surface area (Å²) < 4.78 is 6.60. The van der Waals surface area contributed by atoms with Gasteiger partial charge in [0.25, 0.3) is 0 Å². The minimum absolute atomic E-state index is 0.0216. The molecule has 2 N–H and O–H groups in total. The Morgan fingerprint density at radius 3 is 2.68 bits per heavy atom. The molecule has 1 amide bonds. The molecule has 2 unspecified atom stereocenters. The van der Waals surface area contributed by atoms with Crippen LogP contribution in [0.5, 0.6) is 0 Å². The summed E-state index contributed by atoms with van der Waals surface area (Å²) in [6, 6.07) is 6.25. The van der Waals surface area contributed by atoms with Gasteiger partial charge in [0.15, 0.2) is 0 Å². The van der Waals surface area contributed by atoms with Gasteiger partial charge in [0.2, 0.25) is 0 Å². The molecule has 4 nitrogen and oxygen atoms in total. The van der Waals surface area contributed by atoms with E-state index >= 15 is 0 Å². The first-order chi connectivity index (χ1) is 10.2. The Bertz CT molecular complexity index is 554. The third-order valence-electron chi connectivity index (χ3n) is 3.86. The van der Waals surface area contributed by atoms with Crippen LogP contribution in [0.2, 0.25) is 0 Å². The van der Waals surface area contributed by atoms with E-state index in [1.165, 1.54) is 0 Å². The van der Waals surface area contributed by atoms with E-state index in [2.05, 4.69) is 35.0 Å². The maximum Gasteiger partial charge on any atom is 0.410 e. The van der Waals surface area contributed by atoms with Crippen LogP contribution < -0.4 is 5.73 Å². The van der Waals surface area contributed by atoms with Gasteiger partial charge in [-0.1, -0.05) is 22.0 Å². The molecule has 122 valence electrons. The van der Waals surface area contributed by atoms with Gasteiger partial charge in [-0.25, -0.2) is 4.79 Å². The van der Waals surface area contributed by atoms with E-state index in [1.54, 1.807) is 0 Å². The number of piperidine rings is 1. The summed E-state index contributed by atoms with van der Waals surface area (Å²) >= 11 is 3.49. The topological polar surface area (TPSA) is 55.6 Å². The predicted molar refractivity (Wildman–Crippen MR) is 91.8 cm³/mol. The zero-order valence-corrected chi connectivity index (χ0v) is 15.3. The van der Waals surface area contributed by atoms with Crippen molar-refractivity contribution in [3.8, 4) is 0 Å². The number of halogens is 1. The fourth-order valence-electron chi connectivity index (χ4n) is 2.84. The first kappa shape index (κ1) is 17.3. The third-order valence-corrected chi connectivity index (χ3v) is 4.36. The Hall–Kier alpha value is -1.07. The molecule has 0 aromatic heterocycles. The van der Waals surface area contributed by atoms with Gasteiger partial charge in [-0.05, 0) is 63.8 Å². The second-order valence-corrected chi connectivity index (χ2v) is 7.89. The van der Waals surface area contributed by atoms with Crippen molar-refractivity contribution in [2.24, 2.45) is 5.73 Å². The molecule has 1 aromatic rings. The summed E-state index contributed by atoms with van der Waals surface area (Å²) in [5, 5.41) is 0. The molecule has 2 atom stereocenters. The first-order valence-corrected chi connectivity index (χ1v) is 8.48. The van der Waals surface area contributed by atoms with Gasteiger partial charge in [0.05, 0.1) is 6.04 Å². The number of carbonyl (C=O) groups is 1. The molecule has 0 bridgehead atoms. The van der Waals surface area contributed by atoms with Crippen molar-refractivity contribution < 1.29 is 9.53 Å². The first-order valence-electron chi connectivity index (χ1n) is 7.68. The summed E-state index contributed by atoms with van der Waals surface area (Å²) in [6.07, 6.45) is 1.32. The summed E-state index contributed by atoms with van der Waals surface area (Å²) in [4.78, 5) is 14.4. The molecule has 5 heteroatoms. The highest BCUT2D eigenvalue weighted by Gasteiger charge is 2.34. The number of ether oxygens (including phenoxy) is 1. The van der Waals surface area contributed by atoms with Crippen LogP contribution in [-0.4, -0.2) is 29.2 Å². The largest absolute Gasteiger partial charge is 0.444 e. The van der Waals surface area contributed by atoms with Gasteiger partial charge < -0.3 is 15.4 Å². The number of likely N-dealkylation sites (tertiary alicyclic amines) is 1. The SMILES string of the molecule is Cc1cc(Br)ccc1C1CC(N)CCN1C(=O)OC(C)(C)C. The van der Waals surface area contributed by atoms with Gasteiger partial charge in [-0.3, -0.25) is 0 Å². The highest BCUT2D eigenvalue weighted by atomic mass is 79.9. The number of rotatable bonds is 1. The van der Waals surface area contributed by atoms with Crippen molar-refractivity contribution in [1.29, 1.82) is 0 Å². The van der Waals surface area contributed by atoms with Gasteiger partial charge in [0.1, 0.15) is 5.60 Å². The Morgan fingerprint density at radius 2 is 2.09 bits per heavy atom. The van der Waals surface area contributed by atoms with Crippen LogP contribution >= 0.6 is 15.9 Å². The molecule has 1 aliphatic rings. The number of nitrogens with two attached hydrogens (primary N) is 1. The van der Waals surface area contributed by atoms with Crippen LogP contribution in [0.1, 0.15) is 50.8 Å². The number of aryl methyl sites for hydroxylation is 1. The lowest BCUT2D eigenvalue weighted by Gasteiger charge is -2.39. The molecule has 2 rings (SSSR count). The molecule has 22 heavy (non-hydrogen) atoms. The van der Waals surface area contributed by atoms with E-state index in [1.807, 2.05) is 31.7 Å². The van der Waals surface area contributed by atoms with Crippen LogP contribution in [0.25, 0.3) is 0 Å². The predicted octanol–water partition coefficient (Wildman–Crippen LogP) is 4.16. The van der Waals surface area contributed by atoms with E-state index in [0.29, 0.717) is 6.54 Å². The molecule has 0 radical (unpaired) electrons. The van der Waals surface area contributed by atoms with Crippen LogP contribution in [0.3, 0.4) is 0 Å². The van der Waals surface area contributed by atoms with E-state index in [4.69, 9.17) is 10.5 Å². The molecule has 1 fully saturated rings. The summed E-state index contributed by atoms with van der Waals surface area (Å²) in [7, 11) is 0. The average Bonchev–Trinajstić information content (AvgIpc) is 2.36. The lowest BCUT2D eigenvalue weighted by Crippen LogP contribution is -2.47. The summed E-state index contributed by atoms with van der Waals surface area (Å²) in [6.45, 7) is 8.37. The molecule has 1 aromatic carbocycles. The van der Waals surface area contributed by atoms with Gasteiger partial charge in [0, 0.05) is 17.1 Å². The molecule has 0 saturated carbocycles. The average molecular weight is 369 g/mol. The van der Waals surface area contributed by atoms with Gasteiger partial charge in [-0.15, -0.1) is 0 Å². The molecular weight excluding hydrogens is 344 g/mol. The fraction of sp³-hybridized carbons (Fsp3) is 0.588. The number of nitrogens with zero attached hydrogens (tertiary/aromatic N) is 1. The van der Waals surface area contributed by atoms with Crippen molar-refractivity contribution in [2.75, 3.05) is 6.54 Å². The fourth-order valence-corrected chi connectivity index (χ4v) is 3.32. The van der Waals surface area contributed by atoms with E-state index in [9.17, 15) is 4.79 Å². The molecule has 1 aliphatic heterocycles. The van der Waals surface area contributed by atoms with E-state index < -0.39 is 5.60 Å². The van der Waals surface area contributed by atoms with Crippen molar-refractivity contribution in [3.63, 3.8) is 0 Å². The highest BCUT2D eigenvalue weighted by Crippen LogP contribution is 2.34. The maximum absolute atomic E-state index is 12.5. The molecule has 0 aliphatic carbocycles. The highest BCUT2D eigenvalue weighted by molar-refractivity contribution is 9.10. The van der Waals surface area contributed by atoms with Crippen molar-refractivity contribution in [2.45, 2.75) is 58.2 Å². The third kappa shape index (κ3) is 4.23. The Labute approximate surface area is 141 Å². The molecular formula is C17H25BrN2O2. The minimum Gasteiger partial charge on any atom is -0.444 e. The summed E-state index contributed by atoms with van der Waals surface area (Å²) in [5.41, 5.74) is 7.95. The number of carbonyl (C=O) groups excluding carboxylic acids is 1. The molecule has 1 heterocycles. The lowest BCUT2D eigenvalue weighted by molar-refractivity contribution is 0.00791. The second kappa shape index (κ2) is 6.59. The van der Waals surface area contributed by atoms with Gasteiger partial charge in [-0.2, -0.15) is 0 Å². The standard InChI is InChI=1S/C17H25BrN2O2/c1-11-9-12(18)5-6-14(11)15-10-13(19)7-8-20(15)16(21)22-17(2,3)4/h5-6,9,13,15H,7-8,10,19H2,1-4H3. The van der Waals surface area contributed by atoms with E-state index in [0.717, 1.165) is 28.4 Å². The van der Waals surface area contributed by atoms with Crippen molar-refractivity contribution in [1.82, 2.24) is 4.90 Å². The number of benzene rings is 1. The summed E-state index contributed by atoms with van der Waals surface area (Å²) in [5.74, 6) is 0. The number of amides is 1. The smallest absolute Gasteiger partial charge is 0.410 e. The van der Waals surface area contributed by atoms with E-state index in [-0.39, 0.29) is 18.2 Å². The Morgan fingerprint density at radius 1 is 1.41 bits per heavy atom. The Balaban J connectivity index is 2.29. The zero-order chi connectivity index (χ0) is 16.5. The van der Waals surface area contributed by atoms with Gasteiger partial charge >= 0.3 is 6.09 Å². The van der Waals surface area contributed by atoms with Crippen LogP contribution in [0.15, 0.2) is 22.7 Å². The molecule has 1 saturated heterocycles. The number of hydrogen-bond acceptors (Lipinski definition) is 3. The van der Waals surface area contributed by atoms with Crippen molar-refractivity contribution in [3.05, 3.63) is 33.8 Å². The second-order valence-electron chi connectivity index (χ2n) is 6.97. The monoisotopic (exact) mass is 368 g/mol. The maximum atomic E-state index is 12.5. The lowest BCUT2D eigenvalue weighted by atomic mass is 9.90. The zero-order valence-electron chi connectivity index (χ0n) is 13.7. The van der Waals surface area contributed by atoms with Crippen LogP contribution in [-0.2, 0) is 4.74 Å². The van der Waals surface area contributed by atoms with Crippen LogP contribution in [0, 0.1) is 6.92 Å².